The number of hydrogen-bond donors (Lipinski definition) is 1. The molecule has 14 heavy (non-hydrogen) atoms. The van der Waals surface area contributed by atoms with E-state index in [1.54, 1.807) is 11.8 Å². The van der Waals surface area contributed by atoms with Crippen LogP contribution in [0.3, 0.4) is 0 Å². The second-order valence-corrected chi connectivity index (χ2v) is 5.15. The molecule has 0 unspecified atom stereocenters. The molecule has 0 saturated carbocycles. The van der Waals surface area contributed by atoms with Gasteiger partial charge in [-0.25, -0.2) is 0 Å². The van der Waals surface area contributed by atoms with E-state index in [1.807, 2.05) is 24.3 Å². The van der Waals surface area contributed by atoms with E-state index in [1.165, 1.54) is 0 Å². The topological polar surface area (TPSA) is 24.4 Å². The van der Waals surface area contributed by atoms with Crippen LogP contribution >= 0.6 is 27.7 Å². The zero-order chi connectivity index (χ0) is 9.97. The molecule has 1 heterocycles. The van der Waals surface area contributed by atoms with E-state index in [0.717, 1.165) is 21.1 Å². The van der Waals surface area contributed by atoms with E-state index in [4.69, 9.17) is 0 Å². The molecule has 0 saturated heterocycles. The summed E-state index contributed by atoms with van der Waals surface area (Å²) in [4.78, 5) is 4.46. The highest BCUT2D eigenvalue weighted by molar-refractivity contribution is 9.10. The maximum atomic E-state index is 4.46. The number of thioether (sulfide) groups is 1. The van der Waals surface area contributed by atoms with Crippen molar-refractivity contribution in [3.63, 3.8) is 0 Å². The Morgan fingerprint density at radius 3 is 2.71 bits per heavy atom. The van der Waals surface area contributed by atoms with Gasteiger partial charge >= 0.3 is 0 Å². The van der Waals surface area contributed by atoms with Gasteiger partial charge in [-0.2, -0.15) is 0 Å². The van der Waals surface area contributed by atoms with Crippen LogP contribution in [0.5, 0.6) is 0 Å². The molecular weight excluding hydrogens is 260 g/mol. The van der Waals surface area contributed by atoms with E-state index < -0.39 is 0 Å². The third-order valence-corrected chi connectivity index (χ3v) is 3.55. The summed E-state index contributed by atoms with van der Waals surface area (Å²) in [5.74, 6) is 1.08. The predicted octanol–water partition coefficient (Wildman–Crippen LogP) is 3.35. The van der Waals surface area contributed by atoms with E-state index in [0.29, 0.717) is 6.04 Å². The second kappa shape index (κ2) is 4.36. The highest BCUT2D eigenvalue weighted by Crippen LogP contribution is 2.20. The monoisotopic (exact) mass is 270 g/mol. The molecule has 0 radical (unpaired) electrons. The number of nitrogens with zero attached hydrogens (tertiary/aromatic N) is 1. The molecule has 1 N–H and O–H groups in total. The second-order valence-electron chi connectivity index (χ2n) is 3.23. The number of amidine groups is 1. The van der Waals surface area contributed by atoms with Gasteiger partial charge in [-0.15, -0.1) is 0 Å². The lowest BCUT2D eigenvalue weighted by molar-refractivity contribution is 0.865. The summed E-state index contributed by atoms with van der Waals surface area (Å²) >= 11 is 5.18. The van der Waals surface area contributed by atoms with Gasteiger partial charge in [0.25, 0.3) is 0 Å². The van der Waals surface area contributed by atoms with Gasteiger partial charge in [0.05, 0.1) is 6.04 Å². The van der Waals surface area contributed by atoms with Gasteiger partial charge in [0.1, 0.15) is 0 Å². The molecule has 1 aromatic rings. The lowest BCUT2D eigenvalue weighted by atomic mass is 10.3. The number of aliphatic imine (C=N–C) groups is 1. The van der Waals surface area contributed by atoms with Gasteiger partial charge in [0, 0.05) is 15.9 Å². The third-order valence-electron chi connectivity index (χ3n) is 1.89. The van der Waals surface area contributed by atoms with Crippen molar-refractivity contribution in [2.45, 2.75) is 13.0 Å². The number of anilines is 1. The minimum Gasteiger partial charge on any atom is -0.335 e. The lowest BCUT2D eigenvalue weighted by Crippen LogP contribution is -2.04. The fourth-order valence-electron chi connectivity index (χ4n) is 1.20. The van der Waals surface area contributed by atoms with Crippen molar-refractivity contribution in [1.29, 1.82) is 0 Å². The van der Waals surface area contributed by atoms with E-state index in [-0.39, 0.29) is 0 Å². The van der Waals surface area contributed by atoms with Crippen LogP contribution in [-0.2, 0) is 0 Å². The van der Waals surface area contributed by atoms with Gasteiger partial charge < -0.3 is 5.32 Å². The van der Waals surface area contributed by atoms with Crippen molar-refractivity contribution in [2.24, 2.45) is 4.99 Å². The number of benzene rings is 1. The Balaban J connectivity index is 2.04. The molecule has 4 heteroatoms. The molecule has 1 atom stereocenters. The summed E-state index contributed by atoms with van der Waals surface area (Å²) in [6.45, 7) is 2.13. The van der Waals surface area contributed by atoms with Crippen molar-refractivity contribution in [3.8, 4) is 0 Å². The van der Waals surface area contributed by atoms with Crippen LogP contribution < -0.4 is 5.32 Å². The van der Waals surface area contributed by atoms with Gasteiger partial charge in [-0.3, -0.25) is 4.99 Å². The molecule has 0 aliphatic carbocycles. The predicted molar refractivity (Wildman–Crippen MR) is 67.1 cm³/mol. The Morgan fingerprint density at radius 2 is 2.14 bits per heavy atom. The molecule has 2 nitrogen and oxygen atoms in total. The maximum Gasteiger partial charge on any atom is 0.161 e. The normalized spacial score (nSPS) is 20.7. The largest absolute Gasteiger partial charge is 0.335 e. The molecule has 1 aliphatic rings. The number of nitrogens with one attached hydrogen (secondary N) is 1. The van der Waals surface area contributed by atoms with Crippen molar-refractivity contribution < 1.29 is 0 Å². The first kappa shape index (κ1) is 10.1. The molecule has 0 fully saturated rings. The maximum absolute atomic E-state index is 4.46. The van der Waals surface area contributed by atoms with Crippen LogP contribution in [0.2, 0.25) is 0 Å². The van der Waals surface area contributed by atoms with Crippen LogP contribution in [0.1, 0.15) is 6.92 Å². The first-order valence-electron chi connectivity index (χ1n) is 4.47. The van der Waals surface area contributed by atoms with Crippen molar-refractivity contribution >= 4 is 38.5 Å². The Hall–Kier alpha value is -0.480. The minimum absolute atomic E-state index is 0.443. The lowest BCUT2D eigenvalue weighted by Gasteiger charge is -2.04. The number of rotatable bonds is 1. The van der Waals surface area contributed by atoms with E-state index in [2.05, 4.69) is 33.2 Å². The summed E-state index contributed by atoms with van der Waals surface area (Å²) in [6.07, 6.45) is 0. The SMILES string of the molecule is C[C@H]1CSC(Nc2ccc(Br)cc2)=N1. The average molecular weight is 271 g/mol. The molecule has 0 aromatic heterocycles. The molecule has 2 rings (SSSR count). The minimum atomic E-state index is 0.443. The first-order chi connectivity index (χ1) is 6.74. The van der Waals surface area contributed by atoms with Gasteiger partial charge in [0.15, 0.2) is 5.17 Å². The van der Waals surface area contributed by atoms with Crippen LogP contribution in [0.15, 0.2) is 33.7 Å². The van der Waals surface area contributed by atoms with Gasteiger partial charge in [-0.05, 0) is 31.2 Å². The highest BCUT2D eigenvalue weighted by atomic mass is 79.9. The van der Waals surface area contributed by atoms with Crippen molar-refractivity contribution in [1.82, 2.24) is 0 Å². The molecule has 74 valence electrons. The Kier molecular flexibility index (Phi) is 3.13. The summed E-state index contributed by atoms with van der Waals surface area (Å²) in [6, 6.07) is 8.56. The van der Waals surface area contributed by atoms with Crippen LogP contribution in [-0.4, -0.2) is 17.0 Å². The summed E-state index contributed by atoms with van der Waals surface area (Å²) < 4.78 is 1.09. The molecule has 1 aliphatic heterocycles. The van der Waals surface area contributed by atoms with Crippen molar-refractivity contribution in [3.05, 3.63) is 28.7 Å². The Bertz CT molecular complexity index is 348. The number of halogens is 1. The first-order valence-corrected chi connectivity index (χ1v) is 6.25. The third kappa shape index (κ3) is 2.51. The fourth-order valence-corrected chi connectivity index (χ4v) is 2.38. The van der Waals surface area contributed by atoms with E-state index >= 15 is 0 Å². The molecular formula is C10H11BrN2S. The van der Waals surface area contributed by atoms with Crippen molar-refractivity contribution in [2.75, 3.05) is 11.1 Å². The Labute approximate surface area is 96.3 Å². The molecule has 0 spiro atoms. The van der Waals surface area contributed by atoms with Crippen LogP contribution in [0, 0.1) is 0 Å². The summed E-state index contributed by atoms with van der Waals surface area (Å²) in [5.41, 5.74) is 1.09. The van der Waals surface area contributed by atoms with Crippen LogP contribution in [0.4, 0.5) is 5.69 Å². The summed E-state index contributed by atoms with van der Waals surface area (Å²) in [7, 11) is 0. The highest BCUT2D eigenvalue weighted by Gasteiger charge is 2.13. The van der Waals surface area contributed by atoms with Gasteiger partial charge in [-0.1, -0.05) is 27.7 Å². The number of hydrogen-bond acceptors (Lipinski definition) is 3. The standard InChI is InChI=1S/C10H11BrN2S/c1-7-6-14-10(12-7)13-9-4-2-8(11)3-5-9/h2-5,7H,6H2,1H3,(H,12,13)/t7-/m0/s1. The quantitative estimate of drug-likeness (QED) is 0.847. The molecule has 0 amide bonds. The molecule has 1 aromatic carbocycles. The molecule has 0 bridgehead atoms. The smallest absolute Gasteiger partial charge is 0.161 e. The Morgan fingerprint density at radius 1 is 1.43 bits per heavy atom. The van der Waals surface area contributed by atoms with E-state index in [9.17, 15) is 0 Å². The summed E-state index contributed by atoms with van der Waals surface area (Å²) in [5, 5.41) is 4.32. The zero-order valence-corrected chi connectivity index (χ0v) is 10.2. The zero-order valence-electron chi connectivity index (χ0n) is 7.83. The fraction of sp³-hybridized carbons (Fsp3) is 0.300. The van der Waals surface area contributed by atoms with Crippen LogP contribution in [0.25, 0.3) is 0 Å². The van der Waals surface area contributed by atoms with Gasteiger partial charge in [0.2, 0.25) is 0 Å². The average Bonchev–Trinajstić information content (AvgIpc) is 2.56.